The third kappa shape index (κ3) is 0.464. The second-order valence-electron chi connectivity index (χ2n) is 2.07. The summed E-state index contributed by atoms with van der Waals surface area (Å²) in [5, 5.41) is 0. The predicted molar refractivity (Wildman–Crippen MR) is 28.4 cm³/mol. The monoisotopic (exact) mass is 112 g/mol. The molecule has 0 aromatic heterocycles. The second-order valence-corrected chi connectivity index (χ2v) is 2.07. The second kappa shape index (κ2) is 1.49. The van der Waals surface area contributed by atoms with Gasteiger partial charge < -0.3 is 9.47 Å². The molecule has 2 aliphatic rings. The quantitative estimate of drug-likeness (QED) is 0.459. The van der Waals surface area contributed by atoms with Crippen molar-refractivity contribution in [1.29, 1.82) is 0 Å². The van der Waals surface area contributed by atoms with E-state index in [1.54, 1.807) is 0 Å². The maximum absolute atomic E-state index is 5.26. The van der Waals surface area contributed by atoms with E-state index in [1.165, 1.54) is 0 Å². The van der Waals surface area contributed by atoms with E-state index in [9.17, 15) is 0 Å². The predicted octanol–water partition coefficient (Wildman–Crippen LogP) is 0.689. The fraction of sp³-hybridized carbons (Fsp3) is 0.667. The highest BCUT2D eigenvalue weighted by atomic mass is 16.6. The summed E-state index contributed by atoms with van der Waals surface area (Å²) in [6.45, 7) is 1.59. The molecule has 0 aromatic rings. The van der Waals surface area contributed by atoms with Crippen molar-refractivity contribution in [3.05, 3.63) is 11.8 Å². The fourth-order valence-corrected chi connectivity index (χ4v) is 1.12. The molecular weight excluding hydrogens is 104 g/mol. The molecule has 1 saturated heterocycles. The van der Waals surface area contributed by atoms with Crippen LogP contribution in [0.3, 0.4) is 0 Å². The van der Waals surface area contributed by atoms with Gasteiger partial charge in [-0.1, -0.05) is 0 Å². The molecule has 0 aromatic carbocycles. The minimum atomic E-state index is 0.315. The molecule has 0 aliphatic carbocycles. The molecule has 2 rings (SSSR count). The molecule has 44 valence electrons. The maximum Gasteiger partial charge on any atom is 0.123 e. The van der Waals surface area contributed by atoms with Crippen molar-refractivity contribution < 1.29 is 9.47 Å². The Hall–Kier alpha value is -0.500. The van der Waals surface area contributed by atoms with Crippen LogP contribution in [0.5, 0.6) is 0 Å². The van der Waals surface area contributed by atoms with Crippen molar-refractivity contribution >= 4 is 0 Å². The minimum absolute atomic E-state index is 0.315. The summed E-state index contributed by atoms with van der Waals surface area (Å²) in [4.78, 5) is 0. The molecule has 0 N–H and O–H groups in total. The first-order valence-corrected chi connectivity index (χ1v) is 2.91. The zero-order valence-electron chi connectivity index (χ0n) is 4.59. The van der Waals surface area contributed by atoms with Crippen LogP contribution >= 0.6 is 0 Å². The Balaban J connectivity index is 2.20. The third-order valence-electron chi connectivity index (χ3n) is 1.55. The molecule has 0 spiro atoms. The van der Waals surface area contributed by atoms with Gasteiger partial charge in [-0.2, -0.15) is 0 Å². The summed E-state index contributed by atoms with van der Waals surface area (Å²) < 4.78 is 10.5. The topological polar surface area (TPSA) is 18.5 Å². The van der Waals surface area contributed by atoms with Gasteiger partial charge in [0.25, 0.3) is 0 Å². The molecule has 8 heavy (non-hydrogen) atoms. The zero-order chi connectivity index (χ0) is 5.40. The molecule has 1 atom stereocenters. The summed E-state index contributed by atoms with van der Waals surface area (Å²) >= 11 is 0. The summed E-state index contributed by atoms with van der Waals surface area (Å²) in [7, 11) is 0. The van der Waals surface area contributed by atoms with E-state index in [-0.39, 0.29) is 0 Å². The third-order valence-corrected chi connectivity index (χ3v) is 1.55. The zero-order valence-corrected chi connectivity index (χ0v) is 4.59. The molecule has 0 bridgehead atoms. The van der Waals surface area contributed by atoms with Gasteiger partial charge in [-0.05, 0) is 6.08 Å². The Morgan fingerprint density at radius 3 is 3.50 bits per heavy atom. The van der Waals surface area contributed by atoms with Crippen LogP contribution in [0.4, 0.5) is 0 Å². The molecule has 0 radical (unpaired) electrons. The van der Waals surface area contributed by atoms with Crippen LogP contribution in [-0.2, 0) is 9.47 Å². The van der Waals surface area contributed by atoms with E-state index >= 15 is 0 Å². The van der Waals surface area contributed by atoms with E-state index in [0.29, 0.717) is 6.10 Å². The van der Waals surface area contributed by atoms with Gasteiger partial charge >= 0.3 is 0 Å². The van der Waals surface area contributed by atoms with Gasteiger partial charge in [0.05, 0.1) is 13.2 Å². The van der Waals surface area contributed by atoms with Crippen molar-refractivity contribution in [3.8, 4) is 0 Å². The average molecular weight is 112 g/mol. The van der Waals surface area contributed by atoms with Crippen LogP contribution in [0.1, 0.15) is 6.42 Å². The lowest BCUT2D eigenvalue weighted by molar-refractivity contribution is 0.123. The standard InChI is InChI=1S/C6H8O2/c1-3-7-6-2-4-8-5(1)6/h1,6H,2-4H2. The summed E-state index contributed by atoms with van der Waals surface area (Å²) in [6, 6.07) is 0. The van der Waals surface area contributed by atoms with Crippen LogP contribution in [0.15, 0.2) is 11.8 Å². The van der Waals surface area contributed by atoms with Crippen molar-refractivity contribution in [1.82, 2.24) is 0 Å². The molecular formula is C6H8O2. The SMILES string of the molecule is C1=C2OCCC2OC1. The Morgan fingerprint density at radius 1 is 1.62 bits per heavy atom. The Kier molecular flexibility index (Phi) is 0.815. The summed E-state index contributed by atoms with van der Waals surface area (Å²) in [5.41, 5.74) is 0. The van der Waals surface area contributed by atoms with Crippen LogP contribution in [0.2, 0.25) is 0 Å². The highest BCUT2D eigenvalue weighted by molar-refractivity contribution is 5.08. The van der Waals surface area contributed by atoms with Gasteiger partial charge in [0.1, 0.15) is 11.9 Å². The summed E-state index contributed by atoms with van der Waals surface area (Å²) in [5.74, 6) is 1.06. The van der Waals surface area contributed by atoms with Gasteiger partial charge in [0.15, 0.2) is 0 Å². The van der Waals surface area contributed by atoms with Crippen molar-refractivity contribution in [2.45, 2.75) is 12.5 Å². The van der Waals surface area contributed by atoms with E-state index in [4.69, 9.17) is 9.47 Å². The number of fused-ring (bicyclic) bond motifs is 1. The Bertz CT molecular complexity index is 128. The van der Waals surface area contributed by atoms with E-state index in [0.717, 1.165) is 25.4 Å². The summed E-state index contributed by atoms with van der Waals surface area (Å²) in [6.07, 6.45) is 3.37. The van der Waals surface area contributed by atoms with Gasteiger partial charge in [-0.3, -0.25) is 0 Å². The van der Waals surface area contributed by atoms with Gasteiger partial charge in [0, 0.05) is 6.42 Å². The lowest BCUT2D eigenvalue weighted by Crippen LogP contribution is -2.02. The van der Waals surface area contributed by atoms with Crippen LogP contribution in [-0.4, -0.2) is 19.3 Å². The van der Waals surface area contributed by atoms with Crippen molar-refractivity contribution in [3.63, 3.8) is 0 Å². The van der Waals surface area contributed by atoms with Gasteiger partial charge in [-0.15, -0.1) is 0 Å². The largest absolute Gasteiger partial charge is 0.495 e. The van der Waals surface area contributed by atoms with Gasteiger partial charge in [-0.25, -0.2) is 0 Å². The minimum Gasteiger partial charge on any atom is -0.495 e. The number of hydrogen-bond donors (Lipinski definition) is 0. The van der Waals surface area contributed by atoms with E-state index in [1.807, 2.05) is 6.08 Å². The lowest BCUT2D eigenvalue weighted by Gasteiger charge is -1.98. The van der Waals surface area contributed by atoms with Gasteiger partial charge in [0.2, 0.25) is 0 Å². The molecule has 1 unspecified atom stereocenters. The first-order valence-electron chi connectivity index (χ1n) is 2.91. The Morgan fingerprint density at radius 2 is 2.62 bits per heavy atom. The van der Waals surface area contributed by atoms with Crippen molar-refractivity contribution in [2.75, 3.05) is 13.2 Å². The van der Waals surface area contributed by atoms with Crippen LogP contribution < -0.4 is 0 Å². The molecule has 1 fully saturated rings. The highest BCUT2D eigenvalue weighted by Gasteiger charge is 2.26. The molecule has 2 heteroatoms. The number of rotatable bonds is 0. The van der Waals surface area contributed by atoms with Crippen molar-refractivity contribution in [2.24, 2.45) is 0 Å². The molecule has 0 saturated carbocycles. The smallest absolute Gasteiger partial charge is 0.123 e. The number of hydrogen-bond acceptors (Lipinski definition) is 2. The average Bonchev–Trinajstić information content (AvgIpc) is 2.15. The van der Waals surface area contributed by atoms with E-state index < -0.39 is 0 Å². The van der Waals surface area contributed by atoms with Crippen LogP contribution in [0.25, 0.3) is 0 Å². The lowest BCUT2D eigenvalue weighted by atomic mass is 10.3. The molecule has 2 nitrogen and oxygen atoms in total. The maximum atomic E-state index is 5.26. The highest BCUT2D eigenvalue weighted by Crippen LogP contribution is 2.24. The molecule has 2 heterocycles. The van der Waals surface area contributed by atoms with Crippen LogP contribution in [0, 0.1) is 0 Å². The Labute approximate surface area is 48.1 Å². The first kappa shape index (κ1) is 4.39. The normalized spacial score (nSPS) is 34.0. The fourth-order valence-electron chi connectivity index (χ4n) is 1.12. The molecule has 0 amide bonds. The first-order chi connectivity index (χ1) is 3.97. The number of ether oxygens (including phenoxy) is 2. The molecule has 2 aliphatic heterocycles. The van der Waals surface area contributed by atoms with E-state index in [2.05, 4.69) is 0 Å².